The van der Waals surface area contributed by atoms with Crippen LogP contribution in [0.1, 0.15) is 0 Å². The van der Waals surface area contributed by atoms with E-state index in [1.165, 1.54) is 0 Å². The van der Waals surface area contributed by atoms with E-state index in [0.717, 1.165) is 24.3 Å². The summed E-state index contributed by atoms with van der Waals surface area (Å²) in [5.74, 6) is -1.36. The first-order valence-electron chi connectivity index (χ1n) is 5.22. The molecule has 0 aliphatic carbocycles. The van der Waals surface area contributed by atoms with Gasteiger partial charge in [-0.15, -0.1) is 0 Å². The van der Waals surface area contributed by atoms with E-state index < -0.39 is 21.3 Å². The fourth-order valence-corrected chi connectivity index (χ4v) is 4.12. The molecule has 2 rings (SSSR count). The summed E-state index contributed by atoms with van der Waals surface area (Å²) >= 11 is 22.5. The molecule has 0 aliphatic rings. The van der Waals surface area contributed by atoms with Gasteiger partial charge < -0.3 is 10.2 Å². The van der Waals surface area contributed by atoms with Crippen molar-refractivity contribution in [2.24, 2.45) is 0 Å². The number of hydrogen-bond donors (Lipinski definition) is 0. The molecule has 112 valence electrons. The molecular formula is C12H4Cl4Na2O4S. The van der Waals surface area contributed by atoms with E-state index in [-0.39, 0.29) is 89.0 Å². The molecule has 0 fully saturated rings. The molecule has 4 nitrogen and oxygen atoms in total. The van der Waals surface area contributed by atoms with E-state index in [4.69, 9.17) is 46.4 Å². The van der Waals surface area contributed by atoms with Crippen molar-refractivity contribution in [2.45, 2.75) is 9.79 Å². The minimum atomic E-state index is -4.08. The van der Waals surface area contributed by atoms with Crippen molar-refractivity contribution in [2.75, 3.05) is 0 Å². The minimum absolute atomic E-state index is 0. The molecule has 0 saturated heterocycles. The van der Waals surface area contributed by atoms with Crippen molar-refractivity contribution in [1.82, 2.24) is 0 Å². The molecule has 0 bridgehead atoms. The first-order valence-corrected chi connectivity index (χ1v) is 8.21. The number of sulfone groups is 1. The second kappa shape index (κ2) is 9.19. The van der Waals surface area contributed by atoms with Crippen molar-refractivity contribution in [3.8, 4) is 11.5 Å². The number of halogens is 4. The molecule has 2 aromatic carbocycles. The zero-order chi connectivity index (χ0) is 15.9. The Kier molecular flexibility index (Phi) is 9.65. The predicted molar refractivity (Wildman–Crippen MR) is 77.3 cm³/mol. The molecule has 23 heavy (non-hydrogen) atoms. The van der Waals surface area contributed by atoms with Gasteiger partial charge in [0.1, 0.15) is 0 Å². The Morgan fingerprint density at radius 3 is 1.09 bits per heavy atom. The largest absolute Gasteiger partial charge is 1.00 e. The van der Waals surface area contributed by atoms with Gasteiger partial charge in [-0.05, 0) is 24.3 Å². The summed E-state index contributed by atoms with van der Waals surface area (Å²) in [6, 6.07) is 3.88. The van der Waals surface area contributed by atoms with Crippen LogP contribution in [0.25, 0.3) is 0 Å². The van der Waals surface area contributed by atoms with Crippen LogP contribution >= 0.6 is 46.4 Å². The Balaban J connectivity index is 0.00000242. The van der Waals surface area contributed by atoms with Gasteiger partial charge >= 0.3 is 59.1 Å². The maximum atomic E-state index is 12.4. The van der Waals surface area contributed by atoms with E-state index >= 15 is 0 Å². The van der Waals surface area contributed by atoms with Gasteiger partial charge in [0, 0.05) is 20.1 Å². The van der Waals surface area contributed by atoms with E-state index in [1.807, 2.05) is 0 Å². The zero-order valence-electron chi connectivity index (χ0n) is 11.9. The Hall–Kier alpha value is 1.15. The Morgan fingerprint density at radius 2 is 0.870 bits per heavy atom. The molecule has 0 heterocycles. The molecule has 2 aromatic rings. The van der Waals surface area contributed by atoms with Crippen LogP contribution in [0.15, 0.2) is 34.1 Å². The molecule has 0 amide bonds. The normalized spacial score (nSPS) is 10.6. The molecule has 0 N–H and O–H groups in total. The topological polar surface area (TPSA) is 80.3 Å². The van der Waals surface area contributed by atoms with Crippen LogP contribution < -0.4 is 69.3 Å². The quantitative estimate of drug-likeness (QED) is 0.484. The fourth-order valence-electron chi connectivity index (χ4n) is 1.52. The molecule has 0 aliphatic heterocycles. The van der Waals surface area contributed by atoms with Gasteiger partial charge in [0.25, 0.3) is 0 Å². The van der Waals surface area contributed by atoms with Crippen LogP contribution in [0, 0.1) is 0 Å². The third-order valence-corrected chi connectivity index (χ3v) is 5.40. The average Bonchev–Trinajstić information content (AvgIpc) is 2.40. The maximum Gasteiger partial charge on any atom is 1.00 e. The van der Waals surface area contributed by atoms with Crippen LogP contribution in [0.5, 0.6) is 11.5 Å². The maximum absolute atomic E-state index is 12.4. The van der Waals surface area contributed by atoms with Gasteiger partial charge in [-0.3, -0.25) is 0 Å². The summed E-state index contributed by atoms with van der Waals surface area (Å²) in [6.07, 6.45) is 0. The molecule has 0 radical (unpaired) electrons. The van der Waals surface area contributed by atoms with Gasteiger partial charge in [0.15, 0.2) is 0 Å². The van der Waals surface area contributed by atoms with Gasteiger partial charge in [-0.2, -0.15) is 0 Å². The summed E-state index contributed by atoms with van der Waals surface area (Å²) in [5.41, 5.74) is 0. The smallest absolute Gasteiger partial charge is 0.870 e. The van der Waals surface area contributed by atoms with Gasteiger partial charge in [-0.1, -0.05) is 57.9 Å². The van der Waals surface area contributed by atoms with Crippen molar-refractivity contribution in [3.63, 3.8) is 0 Å². The van der Waals surface area contributed by atoms with Crippen molar-refractivity contribution < 1.29 is 77.7 Å². The molecule has 0 atom stereocenters. The number of rotatable bonds is 2. The van der Waals surface area contributed by atoms with Crippen LogP contribution in [-0.2, 0) is 9.84 Å². The average molecular weight is 432 g/mol. The second-order valence-electron chi connectivity index (χ2n) is 3.94. The van der Waals surface area contributed by atoms with E-state index in [0.29, 0.717) is 0 Å². The molecule has 0 aromatic heterocycles. The van der Waals surface area contributed by atoms with Crippen LogP contribution in [0.4, 0.5) is 0 Å². The first kappa shape index (κ1) is 24.1. The summed E-state index contributed by atoms with van der Waals surface area (Å²) in [7, 11) is -4.08. The standard InChI is InChI=1S/C12H6Cl4O4S.2Na/c13-7-1-5(2-8(14)11(7)17)21(19,20)6-3-9(15)12(18)10(16)4-6;;/h1-4,17-18H;;/q;2*+1/p-2. The van der Waals surface area contributed by atoms with E-state index in [1.54, 1.807) is 0 Å². The van der Waals surface area contributed by atoms with Crippen molar-refractivity contribution >= 4 is 56.2 Å². The first-order chi connectivity index (χ1) is 9.64. The molecule has 0 saturated carbocycles. The predicted octanol–water partition coefficient (Wildman–Crippen LogP) is -2.71. The van der Waals surface area contributed by atoms with E-state index in [9.17, 15) is 18.6 Å². The second-order valence-corrected chi connectivity index (χ2v) is 7.51. The monoisotopic (exact) mass is 430 g/mol. The summed E-state index contributed by atoms with van der Waals surface area (Å²) in [4.78, 5) is -0.606. The summed E-state index contributed by atoms with van der Waals surface area (Å²) in [5, 5.41) is 21.5. The Labute approximate surface area is 197 Å². The molecule has 0 unspecified atom stereocenters. The van der Waals surface area contributed by atoms with Gasteiger partial charge in [0.2, 0.25) is 9.84 Å². The third-order valence-electron chi connectivity index (χ3n) is 2.56. The van der Waals surface area contributed by atoms with E-state index in [2.05, 4.69) is 0 Å². The SMILES string of the molecule is O=S(=O)(c1cc(Cl)c([O-])c(Cl)c1)c1cc(Cl)c([O-])c(Cl)c1.[Na+].[Na+]. The summed E-state index contributed by atoms with van der Waals surface area (Å²) in [6.45, 7) is 0. The fraction of sp³-hybridized carbons (Fsp3) is 0. The van der Waals surface area contributed by atoms with Crippen LogP contribution in [0.3, 0.4) is 0 Å². The Bertz CT molecular complexity index is 733. The van der Waals surface area contributed by atoms with Gasteiger partial charge in [-0.25, -0.2) is 8.42 Å². The zero-order valence-corrected chi connectivity index (χ0v) is 19.7. The van der Waals surface area contributed by atoms with Crippen LogP contribution in [0.2, 0.25) is 20.1 Å². The molecule has 11 heteroatoms. The number of hydrogen-bond acceptors (Lipinski definition) is 4. The van der Waals surface area contributed by atoms with Crippen molar-refractivity contribution in [3.05, 3.63) is 44.4 Å². The summed E-state index contributed by atoms with van der Waals surface area (Å²) < 4.78 is 24.9. The number of benzene rings is 2. The minimum Gasteiger partial charge on any atom is -0.870 e. The Morgan fingerprint density at radius 1 is 0.652 bits per heavy atom. The molecular weight excluding hydrogens is 428 g/mol. The van der Waals surface area contributed by atoms with Crippen LogP contribution in [-0.4, -0.2) is 8.42 Å². The third kappa shape index (κ3) is 5.08. The van der Waals surface area contributed by atoms with Crippen molar-refractivity contribution in [1.29, 1.82) is 0 Å². The molecule has 0 spiro atoms. The van der Waals surface area contributed by atoms with Gasteiger partial charge in [0.05, 0.1) is 9.79 Å².